The zero-order valence-corrected chi connectivity index (χ0v) is 14.9. The molecule has 1 fully saturated rings. The van der Waals surface area contributed by atoms with Crippen molar-refractivity contribution in [2.45, 2.75) is 25.7 Å². The SMILES string of the molecule is COc1ccc(C(=O)CCC(=O)NCC(C(=O)O)C2CCOCC2)cc1. The van der Waals surface area contributed by atoms with Crippen molar-refractivity contribution in [3.63, 3.8) is 0 Å². The summed E-state index contributed by atoms with van der Waals surface area (Å²) >= 11 is 0. The van der Waals surface area contributed by atoms with E-state index >= 15 is 0 Å². The minimum Gasteiger partial charge on any atom is -0.497 e. The van der Waals surface area contributed by atoms with Crippen molar-refractivity contribution < 1.29 is 29.0 Å². The Labute approximate surface area is 152 Å². The highest BCUT2D eigenvalue weighted by Crippen LogP contribution is 2.23. The van der Waals surface area contributed by atoms with Crippen LogP contribution in [0.1, 0.15) is 36.0 Å². The fraction of sp³-hybridized carbons (Fsp3) is 0.526. The van der Waals surface area contributed by atoms with Gasteiger partial charge in [0, 0.05) is 38.2 Å². The van der Waals surface area contributed by atoms with Crippen molar-refractivity contribution in [2.24, 2.45) is 11.8 Å². The van der Waals surface area contributed by atoms with Crippen LogP contribution in [0.25, 0.3) is 0 Å². The third-order valence-electron chi connectivity index (χ3n) is 4.66. The molecule has 1 atom stereocenters. The van der Waals surface area contributed by atoms with Crippen molar-refractivity contribution >= 4 is 17.7 Å². The number of hydrogen-bond donors (Lipinski definition) is 2. The Kier molecular flexibility index (Phi) is 7.59. The number of hydrogen-bond acceptors (Lipinski definition) is 5. The molecule has 2 N–H and O–H groups in total. The van der Waals surface area contributed by atoms with Gasteiger partial charge in [0.2, 0.25) is 5.91 Å². The lowest BCUT2D eigenvalue weighted by Gasteiger charge is -2.27. The fourth-order valence-corrected chi connectivity index (χ4v) is 3.03. The van der Waals surface area contributed by atoms with Crippen LogP contribution >= 0.6 is 0 Å². The quantitative estimate of drug-likeness (QED) is 0.650. The molecule has 1 amide bonds. The molecule has 26 heavy (non-hydrogen) atoms. The lowest BCUT2D eigenvalue weighted by molar-refractivity contribution is -0.145. The van der Waals surface area contributed by atoms with Gasteiger partial charge in [-0.2, -0.15) is 0 Å². The van der Waals surface area contributed by atoms with Gasteiger partial charge in [-0.25, -0.2) is 0 Å². The second-order valence-corrected chi connectivity index (χ2v) is 6.35. The standard InChI is InChI=1S/C19H25NO6/c1-25-15-4-2-14(3-5-15)17(21)6-7-18(22)20-12-16(19(23)24)13-8-10-26-11-9-13/h2-5,13,16H,6-12H2,1H3,(H,20,22)(H,23,24). The van der Waals surface area contributed by atoms with Gasteiger partial charge in [0.25, 0.3) is 0 Å². The summed E-state index contributed by atoms with van der Waals surface area (Å²) in [5, 5.41) is 12.0. The monoisotopic (exact) mass is 363 g/mol. The molecule has 1 unspecified atom stereocenters. The van der Waals surface area contributed by atoms with E-state index in [-0.39, 0.29) is 37.0 Å². The number of ketones is 1. The van der Waals surface area contributed by atoms with Gasteiger partial charge in [-0.1, -0.05) is 0 Å². The van der Waals surface area contributed by atoms with Crippen LogP contribution in [0.4, 0.5) is 0 Å². The van der Waals surface area contributed by atoms with Crippen molar-refractivity contribution in [1.29, 1.82) is 0 Å². The van der Waals surface area contributed by atoms with Gasteiger partial charge in [-0.3, -0.25) is 14.4 Å². The molecule has 1 aromatic carbocycles. The normalized spacial score (nSPS) is 15.9. The molecule has 1 aromatic rings. The molecule has 142 valence electrons. The summed E-state index contributed by atoms with van der Waals surface area (Å²) < 4.78 is 10.3. The summed E-state index contributed by atoms with van der Waals surface area (Å²) in [6.07, 6.45) is 1.48. The first-order valence-electron chi connectivity index (χ1n) is 8.75. The average Bonchev–Trinajstić information content (AvgIpc) is 2.67. The van der Waals surface area contributed by atoms with E-state index in [1.54, 1.807) is 31.4 Å². The smallest absolute Gasteiger partial charge is 0.308 e. The minimum atomic E-state index is -0.911. The molecule has 0 aromatic heterocycles. The number of amides is 1. The number of rotatable bonds is 9. The van der Waals surface area contributed by atoms with E-state index in [0.717, 1.165) is 0 Å². The summed E-state index contributed by atoms with van der Waals surface area (Å²) in [4.78, 5) is 35.6. The molecule has 0 spiro atoms. The topological polar surface area (TPSA) is 102 Å². The van der Waals surface area contributed by atoms with E-state index in [9.17, 15) is 19.5 Å². The second-order valence-electron chi connectivity index (χ2n) is 6.35. The fourth-order valence-electron chi connectivity index (χ4n) is 3.03. The Hall–Kier alpha value is -2.41. The highest BCUT2D eigenvalue weighted by Gasteiger charge is 2.30. The van der Waals surface area contributed by atoms with Gasteiger partial charge >= 0.3 is 5.97 Å². The Balaban J connectivity index is 1.77. The highest BCUT2D eigenvalue weighted by molar-refractivity contribution is 5.98. The number of nitrogens with one attached hydrogen (secondary N) is 1. The van der Waals surface area contributed by atoms with Gasteiger partial charge in [0.15, 0.2) is 5.78 Å². The molecule has 0 bridgehead atoms. The Morgan fingerprint density at radius 2 is 1.85 bits per heavy atom. The second kappa shape index (κ2) is 9.91. The molecule has 1 saturated heterocycles. The number of carbonyl (C=O) groups excluding carboxylic acids is 2. The van der Waals surface area contributed by atoms with E-state index in [4.69, 9.17) is 9.47 Å². The van der Waals surface area contributed by atoms with Gasteiger partial charge in [0.05, 0.1) is 13.0 Å². The van der Waals surface area contributed by atoms with E-state index in [2.05, 4.69) is 5.32 Å². The number of ether oxygens (including phenoxy) is 2. The van der Waals surface area contributed by atoms with E-state index in [0.29, 0.717) is 37.4 Å². The number of aliphatic carboxylic acids is 1. The number of carboxylic acid groups (broad SMARTS) is 1. The predicted octanol–water partition coefficient (Wildman–Crippen LogP) is 1.90. The summed E-state index contributed by atoms with van der Waals surface area (Å²) in [6.45, 7) is 1.19. The maximum absolute atomic E-state index is 12.1. The van der Waals surface area contributed by atoms with Crippen LogP contribution < -0.4 is 10.1 Å². The molecule has 0 aliphatic carbocycles. The van der Waals surface area contributed by atoms with Crippen LogP contribution in [-0.2, 0) is 14.3 Å². The molecule has 2 rings (SSSR count). The predicted molar refractivity (Wildman–Crippen MR) is 94.2 cm³/mol. The van der Waals surface area contributed by atoms with Gasteiger partial charge in [0.1, 0.15) is 5.75 Å². The molecule has 0 radical (unpaired) electrons. The highest BCUT2D eigenvalue weighted by atomic mass is 16.5. The van der Waals surface area contributed by atoms with Crippen LogP contribution in [0.15, 0.2) is 24.3 Å². The zero-order chi connectivity index (χ0) is 18.9. The minimum absolute atomic E-state index is 0.00230. The largest absolute Gasteiger partial charge is 0.497 e. The molecule has 7 heteroatoms. The maximum atomic E-state index is 12.1. The molecular weight excluding hydrogens is 338 g/mol. The molecule has 0 saturated carbocycles. The first kappa shape index (κ1) is 19.9. The molecule has 1 aliphatic heterocycles. The van der Waals surface area contributed by atoms with Crippen molar-refractivity contribution in [3.8, 4) is 5.75 Å². The summed E-state index contributed by atoms with van der Waals surface area (Å²) in [6, 6.07) is 6.70. The Morgan fingerprint density at radius 1 is 1.19 bits per heavy atom. The Bertz CT molecular complexity index is 621. The number of methoxy groups -OCH3 is 1. The van der Waals surface area contributed by atoms with Crippen LogP contribution in [-0.4, -0.2) is 49.6 Å². The van der Waals surface area contributed by atoms with Crippen LogP contribution in [0.5, 0.6) is 5.75 Å². The Morgan fingerprint density at radius 3 is 2.42 bits per heavy atom. The van der Waals surface area contributed by atoms with E-state index in [1.165, 1.54) is 0 Å². The lowest BCUT2D eigenvalue weighted by atomic mass is 9.86. The average molecular weight is 363 g/mol. The van der Waals surface area contributed by atoms with Gasteiger partial charge < -0.3 is 19.9 Å². The third kappa shape index (κ3) is 5.84. The first-order chi connectivity index (χ1) is 12.5. The zero-order valence-electron chi connectivity index (χ0n) is 14.9. The van der Waals surface area contributed by atoms with Crippen LogP contribution in [0.2, 0.25) is 0 Å². The van der Waals surface area contributed by atoms with Crippen molar-refractivity contribution in [3.05, 3.63) is 29.8 Å². The first-order valence-corrected chi connectivity index (χ1v) is 8.75. The molecule has 1 aliphatic rings. The molecular formula is C19H25NO6. The van der Waals surface area contributed by atoms with Gasteiger partial charge in [-0.15, -0.1) is 0 Å². The summed E-state index contributed by atoms with van der Waals surface area (Å²) in [5.41, 5.74) is 0.518. The number of carboxylic acids is 1. The number of benzene rings is 1. The summed E-state index contributed by atoms with van der Waals surface area (Å²) in [5.74, 6) is -1.33. The summed E-state index contributed by atoms with van der Waals surface area (Å²) in [7, 11) is 1.55. The van der Waals surface area contributed by atoms with Crippen LogP contribution in [0.3, 0.4) is 0 Å². The van der Waals surface area contributed by atoms with Crippen molar-refractivity contribution in [2.75, 3.05) is 26.9 Å². The van der Waals surface area contributed by atoms with Crippen LogP contribution in [0, 0.1) is 11.8 Å². The molecule has 1 heterocycles. The third-order valence-corrected chi connectivity index (χ3v) is 4.66. The number of Topliss-reactive ketones (excluding diaryl/α,β-unsaturated/α-hetero) is 1. The lowest BCUT2D eigenvalue weighted by Crippen LogP contribution is -2.39. The molecule has 7 nitrogen and oxygen atoms in total. The maximum Gasteiger partial charge on any atom is 0.308 e. The van der Waals surface area contributed by atoms with Gasteiger partial charge in [-0.05, 0) is 43.0 Å². The van der Waals surface area contributed by atoms with E-state index < -0.39 is 11.9 Å². The van der Waals surface area contributed by atoms with Crippen molar-refractivity contribution in [1.82, 2.24) is 5.32 Å². The number of carbonyl (C=O) groups is 3. The van der Waals surface area contributed by atoms with E-state index in [1.807, 2.05) is 0 Å².